The predicted molar refractivity (Wildman–Crippen MR) is 86.3 cm³/mol. The topological polar surface area (TPSA) is 33.1 Å². The molecule has 0 aliphatic carbocycles. The molecule has 5 heteroatoms. The van der Waals surface area contributed by atoms with E-state index in [0.29, 0.717) is 0 Å². The van der Waals surface area contributed by atoms with Gasteiger partial charge in [-0.15, -0.1) is 0 Å². The van der Waals surface area contributed by atoms with E-state index in [0.717, 1.165) is 36.8 Å². The lowest BCUT2D eigenvalue weighted by Crippen LogP contribution is -2.54. The number of likely N-dealkylation sites (N-methyl/N-ethyl adjacent to an activating group) is 2. The molecule has 0 aliphatic rings. The van der Waals surface area contributed by atoms with Crippen molar-refractivity contribution < 1.29 is 0 Å². The van der Waals surface area contributed by atoms with E-state index in [1.54, 1.807) is 6.20 Å². The lowest BCUT2D eigenvalue weighted by molar-refractivity contribution is 0.0695. The summed E-state index contributed by atoms with van der Waals surface area (Å²) in [7, 11) is 2.01. The van der Waals surface area contributed by atoms with E-state index < -0.39 is 0 Å². The van der Waals surface area contributed by atoms with Crippen molar-refractivity contribution in [3.05, 3.63) is 16.9 Å². The van der Waals surface area contributed by atoms with Gasteiger partial charge in [0.15, 0.2) is 0 Å². The van der Waals surface area contributed by atoms with Crippen LogP contribution in [-0.4, -0.2) is 40.4 Å². The molecule has 0 bridgehead atoms. The van der Waals surface area contributed by atoms with Gasteiger partial charge in [-0.2, -0.15) is 5.10 Å². The first kappa shape index (κ1) is 17.5. The molecule has 0 fully saturated rings. The van der Waals surface area contributed by atoms with Crippen LogP contribution in [0.5, 0.6) is 0 Å². The quantitative estimate of drug-likeness (QED) is 0.799. The fraction of sp³-hybridized carbons (Fsp3) is 0.800. The zero-order chi connectivity index (χ0) is 15.3. The molecule has 20 heavy (non-hydrogen) atoms. The van der Waals surface area contributed by atoms with Crippen LogP contribution in [0.1, 0.15) is 52.8 Å². The van der Waals surface area contributed by atoms with Crippen molar-refractivity contribution in [3.8, 4) is 0 Å². The van der Waals surface area contributed by atoms with Crippen molar-refractivity contribution >= 4 is 11.6 Å². The van der Waals surface area contributed by atoms with Crippen LogP contribution in [0.25, 0.3) is 0 Å². The maximum Gasteiger partial charge on any atom is 0.0834 e. The van der Waals surface area contributed by atoms with Crippen molar-refractivity contribution in [2.75, 3.05) is 20.1 Å². The molecule has 1 N–H and O–H groups in total. The molecule has 1 aromatic heterocycles. The highest BCUT2D eigenvalue weighted by Gasteiger charge is 2.39. The Kier molecular flexibility index (Phi) is 6.49. The average Bonchev–Trinajstić information content (AvgIpc) is 2.82. The van der Waals surface area contributed by atoms with Crippen molar-refractivity contribution in [2.24, 2.45) is 0 Å². The minimum atomic E-state index is 0.00877. The van der Waals surface area contributed by atoms with Crippen molar-refractivity contribution in [1.29, 1.82) is 0 Å². The molecule has 0 spiro atoms. The van der Waals surface area contributed by atoms with Gasteiger partial charge in [-0.05, 0) is 40.4 Å². The van der Waals surface area contributed by atoms with Gasteiger partial charge in [0.05, 0.1) is 23.0 Å². The number of aromatic nitrogens is 2. The van der Waals surface area contributed by atoms with Gasteiger partial charge in [0, 0.05) is 12.1 Å². The summed E-state index contributed by atoms with van der Waals surface area (Å²) in [6.45, 7) is 14.0. The van der Waals surface area contributed by atoms with Gasteiger partial charge >= 0.3 is 0 Å². The second kappa shape index (κ2) is 7.43. The zero-order valence-electron chi connectivity index (χ0n) is 13.7. The molecule has 0 saturated carbocycles. The first-order valence-corrected chi connectivity index (χ1v) is 8.01. The molecule has 0 radical (unpaired) electrons. The van der Waals surface area contributed by atoms with Crippen LogP contribution in [0.4, 0.5) is 0 Å². The van der Waals surface area contributed by atoms with Crippen molar-refractivity contribution in [2.45, 2.75) is 59.2 Å². The third-order valence-electron chi connectivity index (χ3n) is 4.52. The number of nitrogens with zero attached hydrogens (tertiary/aromatic N) is 3. The molecule has 4 nitrogen and oxygen atoms in total. The zero-order valence-corrected chi connectivity index (χ0v) is 14.5. The fourth-order valence-electron chi connectivity index (χ4n) is 3.21. The van der Waals surface area contributed by atoms with Crippen LogP contribution >= 0.6 is 11.6 Å². The molecular weight excluding hydrogens is 272 g/mol. The van der Waals surface area contributed by atoms with E-state index in [2.05, 4.69) is 49.9 Å². The number of halogens is 1. The van der Waals surface area contributed by atoms with E-state index in [9.17, 15) is 0 Å². The molecule has 0 saturated heterocycles. The molecular formula is C15H29ClN4. The summed E-state index contributed by atoms with van der Waals surface area (Å²) in [6.07, 6.45) is 2.80. The van der Waals surface area contributed by atoms with E-state index in [1.165, 1.54) is 0 Å². The van der Waals surface area contributed by atoms with Crippen LogP contribution in [0, 0.1) is 0 Å². The highest BCUT2D eigenvalue weighted by Crippen LogP contribution is 2.36. The second-order valence-electron chi connectivity index (χ2n) is 5.30. The lowest BCUT2D eigenvalue weighted by atomic mass is 9.85. The normalized spacial score (nSPS) is 16.4. The average molecular weight is 301 g/mol. The molecule has 0 aliphatic heterocycles. The third kappa shape index (κ3) is 3.02. The molecule has 116 valence electrons. The number of rotatable bonds is 8. The maximum absolute atomic E-state index is 6.41. The molecule has 1 heterocycles. The monoisotopic (exact) mass is 300 g/mol. The Morgan fingerprint density at radius 2 is 1.95 bits per heavy atom. The number of hydrogen-bond donors (Lipinski definition) is 1. The predicted octanol–water partition coefficient (Wildman–Crippen LogP) is 3.33. The van der Waals surface area contributed by atoms with Gasteiger partial charge in [-0.1, -0.05) is 32.4 Å². The first-order valence-electron chi connectivity index (χ1n) is 7.63. The molecule has 2 unspecified atom stereocenters. The third-order valence-corrected chi connectivity index (χ3v) is 4.81. The van der Waals surface area contributed by atoms with E-state index in [-0.39, 0.29) is 11.6 Å². The van der Waals surface area contributed by atoms with Crippen LogP contribution in [0.15, 0.2) is 6.20 Å². The molecule has 1 aromatic rings. The maximum atomic E-state index is 6.41. The van der Waals surface area contributed by atoms with Crippen LogP contribution in [0.3, 0.4) is 0 Å². The lowest BCUT2D eigenvalue weighted by Gasteiger charge is -2.45. The van der Waals surface area contributed by atoms with E-state index in [4.69, 9.17) is 11.6 Å². The highest BCUT2D eigenvalue weighted by atomic mass is 35.5. The summed E-state index contributed by atoms with van der Waals surface area (Å²) in [6, 6.07) is 0.155. The molecule has 0 amide bonds. The summed E-state index contributed by atoms with van der Waals surface area (Å²) in [5.74, 6) is 0. The van der Waals surface area contributed by atoms with E-state index >= 15 is 0 Å². The summed E-state index contributed by atoms with van der Waals surface area (Å²) in [5.41, 5.74) is 1.10. The Hall–Kier alpha value is -0.580. The smallest absolute Gasteiger partial charge is 0.0834 e. The summed E-state index contributed by atoms with van der Waals surface area (Å²) in [5, 5.41) is 8.61. The number of nitrogens with one attached hydrogen (secondary N) is 1. The Morgan fingerprint density at radius 3 is 2.35 bits per heavy atom. The summed E-state index contributed by atoms with van der Waals surface area (Å²) >= 11 is 6.41. The Balaban J connectivity index is 3.31. The Bertz CT molecular complexity index is 414. The highest BCUT2D eigenvalue weighted by molar-refractivity contribution is 6.31. The van der Waals surface area contributed by atoms with Gasteiger partial charge < -0.3 is 5.32 Å². The number of aryl methyl sites for hydroxylation is 1. The molecule has 2 atom stereocenters. The van der Waals surface area contributed by atoms with Crippen molar-refractivity contribution in [3.63, 3.8) is 0 Å². The van der Waals surface area contributed by atoms with Gasteiger partial charge in [0.2, 0.25) is 0 Å². The first-order chi connectivity index (χ1) is 9.49. The standard InChI is InChI=1S/C15H29ClN4/c1-7-15(5,19(8-2)9-3)14(17-6)13-12(16)11-18-20(13)10-4/h11,14,17H,7-10H2,1-6H3. The fourth-order valence-corrected chi connectivity index (χ4v) is 3.46. The Labute approximate surface area is 128 Å². The second-order valence-corrected chi connectivity index (χ2v) is 5.71. The van der Waals surface area contributed by atoms with Crippen molar-refractivity contribution in [1.82, 2.24) is 20.0 Å². The Morgan fingerprint density at radius 1 is 1.35 bits per heavy atom. The number of hydrogen-bond acceptors (Lipinski definition) is 3. The van der Waals surface area contributed by atoms with Gasteiger partial charge in [0.25, 0.3) is 0 Å². The van der Waals surface area contributed by atoms with Gasteiger partial charge in [0.1, 0.15) is 0 Å². The minimum Gasteiger partial charge on any atom is -0.310 e. The van der Waals surface area contributed by atoms with Crippen LogP contribution in [-0.2, 0) is 6.54 Å². The van der Waals surface area contributed by atoms with Gasteiger partial charge in [-0.25, -0.2) is 0 Å². The largest absolute Gasteiger partial charge is 0.310 e. The van der Waals surface area contributed by atoms with Gasteiger partial charge in [-0.3, -0.25) is 9.58 Å². The minimum absolute atomic E-state index is 0.00877. The molecule has 0 aromatic carbocycles. The summed E-state index contributed by atoms with van der Waals surface area (Å²) in [4.78, 5) is 2.50. The van der Waals surface area contributed by atoms with Crippen LogP contribution < -0.4 is 5.32 Å². The van der Waals surface area contributed by atoms with E-state index in [1.807, 2.05) is 11.7 Å². The van der Waals surface area contributed by atoms with Crippen LogP contribution in [0.2, 0.25) is 5.02 Å². The summed E-state index contributed by atoms with van der Waals surface area (Å²) < 4.78 is 2.00. The SMILES string of the molecule is CCN(CC)C(C)(CC)C(NC)c1c(Cl)cnn1CC. The molecule has 1 rings (SSSR count).